The monoisotopic (exact) mass is 632 g/mol. The summed E-state index contributed by atoms with van der Waals surface area (Å²) in [6.07, 6.45) is 0. The van der Waals surface area contributed by atoms with Crippen LogP contribution in [0.25, 0.3) is 0 Å². The van der Waals surface area contributed by atoms with Gasteiger partial charge in [0, 0.05) is 41.2 Å². The topological polar surface area (TPSA) is 240 Å². The first kappa shape index (κ1) is 33.9. The molecular weight excluding hydrogens is 604 g/mol. The van der Waals surface area contributed by atoms with E-state index in [0.29, 0.717) is 16.7 Å². The molecule has 46 heavy (non-hydrogen) atoms. The smallest absolute Gasteiger partial charge is 0.394 e. The van der Waals surface area contributed by atoms with Gasteiger partial charge in [0.05, 0.1) is 0 Å². The Morgan fingerprint density at radius 1 is 0.478 bits per heavy atom. The summed E-state index contributed by atoms with van der Waals surface area (Å²) in [5, 5.41) is 29.6. The number of hydrogen-bond acceptors (Lipinski definition) is 8. The van der Waals surface area contributed by atoms with Crippen LogP contribution >= 0.6 is 0 Å². The van der Waals surface area contributed by atoms with Gasteiger partial charge in [0.25, 0.3) is 0 Å². The van der Waals surface area contributed by atoms with Gasteiger partial charge in [-0.05, 0) is 73.9 Å². The fraction of sp³-hybridized carbons (Fsp3) is 0.133. The number of hydrogen-bond donors (Lipinski definition) is 7. The Labute approximate surface area is 260 Å². The normalized spacial score (nSPS) is 10.2. The predicted molar refractivity (Wildman–Crippen MR) is 165 cm³/mol. The van der Waals surface area contributed by atoms with Gasteiger partial charge in [-0.15, -0.1) is 0 Å². The summed E-state index contributed by atoms with van der Waals surface area (Å²) in [7, 11) is 1.25. The molecule has 16 nitrogen and oxygen atoms in total. The molecule has 0 aliphatic rings. The van der Waals surface area contributed by atoms with Crippen LogP contribution in [0.3, 0.4) is 0 Å². The van der Waals surface area contributed by atoms with Crippen molar-refractivity contribution >= 4 is 81.5 Å². The molecule has 0 fully saturated rings. The Morgan fingerprint density at radius 3 is 1.11 bits per heavy atom. The maximum Gasteiger partial charge on any atom is 0.394 e. The van der Waals surface area contributed by atoms with Gasteiger partial charge < -0.3 is 41.7 Å². The third-order valence-electron chi connectivity index (χ3n) is 6.67. The van der Waals surface area contributed by atoms with E-state index >= 15 is 0 Å². The Morgan fingerprint density at radius 2 is 0.783 bits per heavy atom. The summed E-state index contributed by atoms with van der Waals surface area (Å²) in [5.41, 5.74) is 1.77. The van der Waals surface area contributed by atoms with Crippen molar-refractivity contribution in [2.45, 2.75) is 20.8 Å². The number of nitrogens with zero attached hydrogens (tertiary/aromatic N) is 1. The molecule has 0 aliphatic heterocycles. The Balaban J connectivity index is 1.69. The first-order valence-electron chi connectivity index (χ1n) is 13.2. The number of amides is 6. The lowest BCUT2D eigenvalue weighted by Crippen LogP contribution is -2.34. The van der Waals surface area contributed by atoms with Crippen LogP contribution < -0.4 is 31.5 Å². The summed E-state index contributed by atoms with van der Waals surface area (Å²) in [6.45, 7) is 4.53. The molecule has 0 unspecified atom stereocenters. The number of carbonyl (C=O) groups is 8. The van der Waals surface area contributed by atoms with Gasteiger partial charge in [0.1, 0.15) is 0 Å². The molecule has 3 rings (SSSR count). The Bertz CT molecular complexity index is 1800. The quantitative estimate of drug-likeness (QED) is 0.195. The van der Waals surface area contributed by atoms with Crippen LogP contribution in [0.1, 0.15) is 16.7 Å². The highest BCUT2D eigenvalue weighted by Gasteiger charge is 2.23. The van der Waals surface area contributed by atoms with Gasteiger partial charge in [-0.3, -0.25) is 28.8 Å². The molecule has 0 aromatic heterocycles. The minimum atomic E-state index is -1.70. The van der Waals surface area contributed by atoms with Crippen LogP contribution in [0.4, 0.5) is 34.1 Å². The summed E-state index contributed by atoms with van der Waals surface area (Å²) >= 11 is 0. The average molecular weight is 633 g/mol. The zero-order valence-electron chi connectivity index (χ0n) is 24.8. The lowest BCUT2D eigenvalue weighted by Gasteiger charge is -2.19. The zero-order chi connectivity index (χ0) is 34.3. The van der Waals surface area contributed by atoms with Crippen molar-refractivity contribution < 1.29 is 48.6 Å². The van der Waals surface area contributed by atoms with Crippen LogP contribution in [0.2, 0.25) is 0 Å². The lowest BCUT2D eigenvalue weighted by atomic mass is 10.1. The first-order chi connectivity index (χ1) is 21.6. The molecule has 0 saturated heterocycles. The third kappa shape index (κ3) is 7.87. The molecule has 3 aromatic rings. The van der Waals surface area contributed by atoms with Crippen LogP contribution in [0, 0.1) is 20.8 Å². The maximum absolute atomic E-state index is 12.7. The lowest BCUT2D eigenvalue weighted by molar-refractivity contribution is -0.148. The Kier molecular flexibility index (Phi) is 10.5. The number of aliphatic carboxylic acids is 2. The van der Waals surface area contributed by atoms with E-state index in [2.05, 4.69) is 26.6 Å². The highest BCUT2D eigenvalue weighted by Crippen LogP contribution is 2.27. The number of likely N-dealkylation sites (N-methyl/N-ethyl adjacent to an activating group) is 1. The predicted octanol–water partition coefficient (Wildman–Crippen LogP) is 1.84. The van der Waals surface area contributed by atoms with E-state index in [4.69, 9.17) is 10.2 Å². The fourth-order valence-corrected chi connectivity index (χ4v) is 4.08. The van der Waals surface area contributed by atoms with Crippen LogP contribution in [-0.4, -0.2) is 64.6 Å². The van der Waals surface area contributed by atoms with E-state index in [1.807, 2.05) is 0 Å². The second kappa shape index (κ2) is 14.3. The van der Waals surface area contributed by atoms with Crippen molar-refractivity contribution in [3.05, 3.63) is 71.3 Å². The molecule has 238 valence electrons. The van der Waals surface area contributed by atoms with Crippen LogP contribution in [0.5, 0.6) is 0 Å². The molecule has 7 N–H and O–H groups in total. The van der Waals surface area contributed by atoms with E-state index in [1.54, 1.807) is 0 Å². The molecule has 0 spiro atoms. The van der Waals surface area contributed by atoms with Crippen LogP contribution in [0.15, 0.2) is 54.6 Å². The summed E-state index contributed by atoms with van der Waals surface area (Å²) in [5.74, 6) is -10.2. The third-order valence-corrected chi connectivity index (χ3v) is 6.67. The first-order valence-corrected chi connectivity index (χ1v) is 13.2. The molecule has 0 radical (unpaired) electrons. The molecule has 0 bridgehead atoms. The zero-order valence-corrected chi connectivity index (χ0v) is 24.8. The SMILES string of the molecule is Cc1c(NC(=O)C(=O)O)cccc1NC(=O)C(=O)Nc1cccc(NC(=O)C(=O)Nc2cccc(N(C)C(=O)C(=O)O)c2C)c1C. The number of anilines is 6. The molecular formula is C30H28N6O10. The maximum atomic E-state index is 12.7. The van der Waals surface area contributed by atoms with Gasteiger partial charge >= 0.3 is 47.4 Å². The number of nitrogens with one attached hydrogen (secondary N) is 5. The van der Waals surface area contributed by atoms with Crippen molar-refractivity contribution in [1.82, 2.24) is 0 Å². The highest BCUT2D eigenvalue weighted by atomic mass is 16.4. The minimum absolute atomic E-state index is 0.109. The standard InChI is InChI=1S/C30H28N6O10/c1-14-17(31-23(37)24(38)33-19-10-6-11-20(15(19)2)35-27(41)29(43)44)8-5-9-18(14)32-25(39)26(40)34-21-12-7-13-22(16(21)3)36(4)28(42)30(45)46/h5-13H,1-4H3,(H,31,37)(H,32,39)(H,33,38)(H,34,40)(H,35,41)(H,43,44)(H,45,46). The molecule has 0 aliphatic carbocycles. The van der Waals surface area contributed by atoms with E-state index in [-0.39, 0.29) is 34.1 Å². The Hall–Kier alpha value is -6.58. The number of carboxylic acids is 2. The minimum Gasteiger partial charge on any atom is -0.474 e. The van der Waals surface area contributed by atoms with Gasteiger partial charge in [0.2, 0.25) is 0 Å². The highest BCUT2D eigenvalue weighted by molar-refractivity contribution is 6.45. The van der Waals surface area contributed by atoms with Crippen molar-refractivity contribution in [3.63, 3.8) is 0 Å². The van der Waals surface area contributed by atoms with Crippen LogP contribution in [-0.2, 0) is 38.4 Å². The fourth-order valence-electron chi connectivity index (χ4n) is 4.08. The molecule has 3 aromatic carbocycles. The van der Waals surface area contributed by atoms with Gasteiger partial charge in [-0.1, -0.05) is 18.2 Å². The number of rotatable bonds is 6. The average Bonchev–Trinajstić information content (AvgIpc) is 3.00. The molecule has 0 heterocycles. The number of carboxylic acid groups (broad SMARTS) is 2. The molecule has 16 heteroatoms. The molecule has 0 saturated carbocycles. The summed E-state index contributed by atoms with van der Waals surface area (Å²) < 4.78 is 0. The van der Waals surface area contributed by atoms with Crippen molar-refractivity contribution in [2.75, 3.05) is 38.5 Å². The van der Waals surface area contributed by atoms with Crippen molar-refractivity contribution in [1.29, 1.82) is 0 Å². The molecule has 6 amide bonds. The second-order valence-electron chi connectivity index (χ2n) is 9.65. The number of benzene rings is 3. The van der Waals surface area contributed by atoms with E-state index < -0.39 is 47.4 Å². The van der Waals surface area contributed by atoms with Crippen molar-refractivity contribution in [3.8, 4) is 0 Å². The van der Waals surface area contributed by atoms with Crippen molar-refractivity contribution in [2.24, 2.45) is 0 Å². The van der Waals surface area contributed by atoms with E-state index in [0.717, 1.165) is 4.90 Å². The van der Waals surface area contributed by atoms with Gasteiger partial charge in [-0.2, -0.15) is 0 Å². The van der Waals surface area contributed by atoms with E-state index in [1.165, 1.54) is 82.4 Å². The molecule has 0 atom stereocenters. The largest absolute Gasteiger partial charge is 0.474 e. The summed E-state index contributed by atoms with van der Waals surface area (Å²) in [6, 6.07) is 13.0. The van der Waals surface area contributed by atoms with Gasteiger partial charge in [-0.25, -0.2) is 9.59 Å². The summed E-state index contributed by atoms with van der Waals surface area (Å²) in [4.78, 5) is 96.9. The second-order valence-corrected chi connectivity index (χ2v) is 9.65. The number of carbonyl (C=O) groups excluding carboxylic acids is 6. The van der Waals surface area contributed by atoms with Gasteiger partial charge in [0.15, 0.2) is 0 Å². The van der Waals surface area contributed by atoms with E-state index in [9.17, 15) is 38.4 Å².